The number of hydrogen-bond acceptors (Lipinski definition) is 3. The third-order valence-corrected chi connectivity index (χ3v) is 3.90. The summed E-state index contributed by atoms with van der Waals surface area (Å²) in [6.07, 6.45) is 6.27. The van der Waals surface area contributed by atoms with Crippen molar-refractivity contribution in [1.82, 2.24) is 0 Å². The summed E-state index contributed by atoms with van der Waals surface area (Å²) in [5.41, 5.74) is 0.845. The molecule has 1 saturated carbocycles. The van der Waals surface area contributed by atoms with Crippen LogP contribution < -0.4 is 0 Å². The molecule has 0 amide bonds. The SMILES string of the molecule is CC1=CC(=O)C(C)=C(C(=O)C2CCCCC2)C1=O. The summed E-state index contributed by atoms with van der Waals surface area (Å²) >= 11 is 0. The average Bonchev–Trinajstić information content (AvgIpc) is 2.37. The number of carbonyl (C=O) groups excluding carboxylic acids is 3. The van der Waals surface area contributed by atoms with Crippen LogP contribution in [0.1, 0.15) is 46.0 Å². The summed E-state index contributed by atoms with van der Waals surface area (Å²) < 4.78 is 0. The molecule has 0 unspecified atom stereocenters. The van der Waals surface area contributed by atoms with E-state index in [1.807, 2.05) is 0 Å². The molecule has 1 fully saturated rings. The molecule has 0 aromatic heterocycles. The largest absolute Gasteiger partial charge is 0.294 e. The van der Waals surface area contributed by atoms with Crippen LogP contribution in [0.25, 0.3) is 0 Å². The molecule has 0 atom stereocenters. The van der Waals surface area contributed by atoms with Crippen LogP contribution in [0.2, 0.25) is 0 Å². The molecule has 2 rings (SSSR count). The second kappa shape index (κ2) is 5.01. The Morgan fingerprint density at radius 2 is 1.72 bits per heavy atom. The van der Waals surface area contributed by atoms with Gasteiger partial charge in [0.1, 0.15) is 0 Å². The van der Waals surface area contributed by atoms with Gasteiger partial charge in [-0.1, -0.05) is 19.3 Å². The Bertz CT molecular complexity index is 474. The van der Waals surface area contributed by atoms with E-state index in [1.54, 1.807) is 13.8 Å². The van der Waals surface area contributed by atoms with Crippen molar-refractivity contribution in [2.45, 2.75) is 46.0 Å². The van der Waals surface area contributed by atoms with E-state index >= 15 is 0 Å². The number of hydrogen-bond donors (Lipinski definition) is 0. The minimum Gasteiger partial charge on any atom is -0.294 e. The maximum atomic E-state index is 12.4. The van der Waals surface area contributed by atoms with Gasteiger partial charge in [0, 0.05) is 17.1 Å². The zero-order valence-electron chi connectivity index (χ0n) is 10.9. The maximum Gasteiger partial charge on any atom is 0.192 e. The Morgan fingerprint density at radius 3 is 2.33 bits per heavy atom. The molecule has 18 heavy (non-hydrogen) atoms. The van der Waals surface area contributed by atoms with Gasteiger partial charge in [-0.25, -0.2) is 0 Å². The molecular formula is C15H18O3. The molecule has 0 heterocycles. The molecule has 0 N–H and O–H groups in total. The lowest BCUT2D eigenvalue weighted by Crippen LogP contribution is -2.28. The Balaban J connectivity index is 2.30. The molecule has 2 aliphatic carbocycles. The fourth-order valence-electron chi connectivity index (χ4n) is 2.73. The molecule has 0 radical (unpaired) electrons. The summed E-state index contributed by atoms with van der Waals surface area (Å²) in [4.78, 5) is 36.2. The van der Waals surface area contributed by atoms with Crippen molar-refractivity contribution >= 4 is 17.3 Å². The Kier molecular flexibility index (Phi) is 3.60. The van der Waals surface area contributed by atoms with E-state index in [0.29, 0.717) is 11.1 Å². The van der Waals surface area contributed by atoms with Gasteiger partial charge in [0.2, 0.25) is 0 Å². The number of allylic oxidation sites excluding steroid dienone is 4. The van der Waals surface area contributed by atoms with Gasteiger partial charge in [-0.15, -0.1) is 0 Å². The first-order chi connectivity index (χ1) is 8.52. The van der Waals surface area contributed by atoms with Crippen molar-refractivity contribution in [1.29, 1.82) is 0 Å². The molecule has 3 heteroatoms. The smallest absolute Gasteiger partial charge is 0.192 e. The third kappa shape index (κ3) is 2.22. The standard InChI is InChI=1S/C15H18O3/c1-9-8-12(16)10(2)13(14(9)17)15(18)11-6-4-3-5-7-11/h8,11H,3-7H2,1-2H3. The van der Waals surface area contributed by atoms with Crippen molar-refractivity contribution in [3.63, 3.8) is 0 Å². The van der Waals surface area contributed by atoms with E-state index in [9.17, 15) is 14.4 Å². The molecule has 0 saturated heterocycles. The Morgan fingerprint density at radius 1 is 1.11 bits per heavy atom. The van der Waals surface area contributed by atoms with Gasteiger partial charge in [0.25, 0.3) is 0 Å². The number of ketones is 3. The summed E-state index contributed by atoms with van der Waals surface area (Å²) in [6.45, 7) is 3.18. The first-order valence-corrected chi connectivity index (χ1v) is 6.54. The number of Topliss-reactive ketones (excluding diaryl/α,β-unsaturated/α-hetero) is 2. The third-order valence-electron chi connectivity index (χ3n) is 3.90. The highest BCUT2D eigenvalue weighted by Gasteiger charge is 2.33. The fraction of sp³-hybridized carbons (Fsp3) is 0.533. The van der Waals surface area contributed by atoms with Gasteiger partial charge in [-0.3, -0.25) is 14.4 Å². The molecule has 96 valence electrons. The van der Waals surface area contributed by atoms with Crippen molar-refractivity contribution in [3.05, 3.63) is 22.8 Å². The first kappa shape index (κ1) is 12.9. The second-order valence-electron chi connectivity index (χ2n) is 5.22. The van der Waals surface area contributed by atoms with E-state index in [1.165, 1.54) is 6.08 Å². The van der Waals surface area contributed by atoms with Crippen LogP contribution in [0.5, 0.6) is 0 Å². The van der Waals surface area contributed by atoms with Crippen LogP contribution in [0.4, 0.5) is 0 Å². The Labute approximate surface area is 107 Å². The lowest BCUT2D eigenvalue weighted by molar-refractivity contribution is -0.124. The van der Waals surface area contributed by atoms with Gasteiger partial charge < -0.3 is 0 Å². The van der Waals surface area contributed by atoms with Crippen LogP contribution >= 0.6 is 0 Å². The van der Waals surface area contributed by atoms with E-state index in [4.69, 9.17) is 0 Å². The van der Waals surface area contributed by atoms with Crippen molar-refractivity contribution in [2.75, 3.05) is 0 Å². The normalized spacial score (nSPS) is 22.2. The van der Waals surface area contributed by atoms with Crippen LogP contribution in [0, 0.1) is 5.92 Å². The lowest BCUT2D eigenvalue weighted by atomic mass is 9.79. The van der Waals surface area contributed by atoms with E-state index in [-0.39, 0.29) is 28.8 Å². The van der Waals surface area contributed by atoms with Gasteiger partial charge in [0.05, 0.1) is 5.57 Å². The predicted octanol–water partition coefficient (Wildman–Crippen LogP) is 2.55. The molecule has 0 aromatic carbocycles. The molecule has 3 nitrogen and oxygen atoms in total. The van der Waals surface area contributed by atoms with Crippen molar-refractivity contribution in [2.24, 2.45) is 5.92 Å². The summed E-state index contributed by atoms with van der Waals surface area (Å²) in [6, 6.07) is 0. The van der Waals surface area contributed by atoms with Gasteiger partial charge >= 0.3 is 0 Å². The van der Waals surface area contributed by atoms with E-state index < -0.39 is 0 Å². The fourth-order valence-corrected chi connectivity index (χ4v) is 2.73. The monoisotopic (exact) mass is 246 g/mol. The minimum atomic E-state index is -0.261. The van der Waals surface area contributed by atoms with Crippen LogP contribution in [-0.4, -0.2) is 17.3 Å². The predicted molar refractivity (Wildman–Crippen MR) is 68.1 cm³/mol. The highest BCUT2D eigenvalue weighted by atomic mass is 16.2. The van der Waals surface area contributed by atoms with Crippen LogP contribution in [0.3, 0.4) is 0 Å². The number of carbonyl (C=O) groups is 3. The van der Waals surface area contributed by atoms with Crippen LogP contribution in [0.15, 0.2) is 22.8 Å². The second-order valence-corrected chi connectivity index (χ2v) is 5.22. The van der Waals surface area contributed by atoms with Crippen molar-refractivity contribution in [3.8, 4) is 0 Å². The topological polar surface area (TPSA) is 51.2 Å². The quantitative estimate of drug-likeness (QED) is 0.555. The molecule has 0 spiro atoms. The van der Waals surface area contributed by atoms with Gasteiger partial charge in [-0.05, 0) is 32.8 Å². The number of rotatable bonds is 2. The Hall–Kier alpha value is -1.51. The molecule has 0 bridgehead atoms. The highest BCUT2D eigenvalue weighted by Crippen LogP contribution is 2.30. The summed E-state index contributed by atoms with van der Waals surface area (Å²) in [5.74, 6) is -0.640. The van der Waals surface area contributed by atoms with Gasteiger partial charge in [0.15, 0.2) is 17.3 Å². The summed E-state index contributed by atoms with van der Waals surface area (Å²) in [7, 11) is 0. The zero-order valence-corrected chi connectivity index (χ0v) is 10.9. The average molecular weight is 246 g/mol. The van der Waals surface area contributed by atoms with Crippen LogP contribution in [-0.2, 0) is 14.4 Å². The van der Waals surface area contributed by atoms with Crippen molar-refractivity contribution < 1.29 is 14.4 Å². The molecule has 0 aliphatic heterocycles. The molecular weight excluding hydrogens is 228 g/mol. The first-order valence-electron chi connectivity index (χ1n) is 6.54. The maximum absolute atomic E-state index is 12.4. The van der Waals surface area contributed by atoms with E-state index in [2.05, 4.69) is 0 Å². The van der Waals surface area contributed by atoms with E-state index in [0.717, 1.165) is 32.1 Å². The zero-order chi connectivity index (χ0) is 13.3. The highest BCUT2D eigenvalue weighted by molar-refractivity contribution is 6.34. The molecule has 2 aliphatic rings. The van der Waals surface area contributed by atoms with Gasteiger partial charge in [-0.2, -0.15) is 0 Å². The lowest BCUT2D eigenvalue weighted by Gasteiger charge is -2.23. The minimum absolute atomic E-state index is 0.0636. The summed E-state index contributed by atoms with van der Waals surface area (Å²) in [5, 5.41) is 0. The molecule has 0 aromatic rings.